The van der Waals surface area contributed by atoms with Crippen molar-refractivity contribution in [1.82, 2.24) is 14.5 Å². The van der Waals surface area contributed by atoms with Crippen LogP contribution in [0.15, 0.2) is 59.4 Å². The molecule has 28 heavy (non-hydrogen) atoms. The molecular formula is C22H20N4O2. The molecule has 6 nitrogen and oxygen atoms in total. The van der Waals surface area contributed by atoms with Gasteiger partial charge in [-0.2, -0.15) is 0 Å². The van der Waals surface area contributed by atoms with Gasteiger partial charge in [0.15, 0.2) is 0 Å². The van der Waals surface area contributed by atoms with Crippen molar-refractivity contribution in [2.45, 2.75) is 26.2 Å². The van der Waals surface area contributed by atoms with Crippen LogP contribution in [-0.2, 0) is 4.79 Å². The maximum Gasteiger partial charge on any atom is 0.227 e. The number of aryl methyl sites for hydroxylation is 1. The summed E-state index contributed by atoms with van der Waals surface area (Å²) in [5.74, 6) is 0.976. The van der Waals surface area contributed by atoms with Gasteiger partial charge in [0.25, 0.3) is 0 Å². The maximum absolute atomic E-state index is 12.2. The standard InChI is InChI=1S/C22H20N4O2/c1-14-20(21(25-28-14)15-6-3-2-4-7-15)18-13-26-11-10-17(12-19(26)24-18)23-22(27)16-8-5-9-16/h2-4,6-7,10-13,16H,5,8-9H2,1H3,(H,23,27). The molecule has 140 valence electrons. The van der Waals surface area contributed by atoms with E-state index in [0.717, 1.165) is 58.9 Å². The lowest BCUT2D eigenvalue weighted by Gasteiger charge is -2.23. The smallest absolute Gasteiger partial charge is 0.227 e. The van der Waals surface area contributed by atoms with E-state index in [0.29, 0.717) is 0 Å². The third-order valence-electron chi connectivity index (χ3n) is 5.37. The minimum atomic E-state index is 0.101. The van der Waals surface area contributed by atoms with Crippen molar-refractivity contribution in [2.24, 2.45) is 5.92 Å². The van der Waals surface area contributed by atoms with Gasteiger partial charge in [0.2, 0.25) is 5.91 Å². The monoisotopic (exact) mass is 372 g/mol. The van der Waals surface area contributed by atoms with Gasteiger partial charge < -0.3 is 14.2 Å². The molecule has 0 bridgehead atoms. The lowest BCUT2D eigenvalue weighted by molar-refractivity contribution is -0.122. The first-order valence-corrected chi connectivity index (χ1v) is 9.51. The van der Waals surface area contributed by atoms with Crippen molar-refractivity contribution in [3.05, 3.63) is 60.6 Å². The number of rotatable bonds is 4. The Morgan fingerprint density at radius 1 is 1.21 bits per heavy atom. The summed E-state index contributed by atoms with van der Waals surface area (Å²) in [5.41, 5.74) is 4.97. The molecule has 6 heteroatoms. The number of nitrogens with one attached hydrogen (secondary N) is 1. The summed E-state index contributed by atoms with van der Waals surface area (Å²) in [6.45, 7) is 1.89. The van der Waals surface area contributed by atoms with Crippen LogP contribution in [0.5, 0.6) is 0 Å². The molecule has 0 spiro atoms. The molecule has 1 amide bonds. The Morgan fingerprint density at radius 2 is 2.04 bits per heavy atom. The van der Waals surface area contributed by atoms with E-state index in [-0.39, 0.29) is 11.8 Å². The van der Waals surface area contributed by atoms with Crippen LogP contribution in [0, 0.1) is 12.8 Å². The molecule has 1 N–H and O–H groups in total. The van der Waals surface area contributed by atoms with Gasteiger partial charge in [0.1, 0.15) is 17.1 Å². The summed E-state index contributed by atoms with van der Waals surface area (Å²) >= 11 is 0. The predicted molar refractivity (Wildman–Crippen MR) is 107 cm³/mol. The van der Waals surface area contributed by atoms with Gasteiger partial charge in [-0.15, -0.1) is 0 Å². The van der Waals surface area contributed by atoms with E-state index in [1.165, 1.54) is 0 Å². The number of imidazole rings is 1. The van der Waals surface area contributed by atoms with E-state index in [1.54, 1.807) is 0 Å². The third-order valence-corrected chi connectivity index (χ3v) is 5.37. The summed E-state index contributed by atoms with van der Waals surface area (Å²) in [4.78, 5) is 17.0. The number of pyridine rings is 1. The number of aromatic nitrogens is 3. The minimum Gasteiger partial charge on any atom is -0.360 e. The van der Waals surface area contributed by atoms with Gasteiger partial charge in [-0.25, -0.2) is 4.98 Å². The summed E-state index contributed by atoms with van der Waals surface area (Å²) in [7, 11) is 0. The number of carbonyl (C=O) groups excluding carboxylic acids is 1. The SMILES string of the molecule is Cc1onc(-c2ccccc2)c1-c1cn2ccc(NC(=O)C3CCC3)cc2n1. The molecule has 3 heterocycles. The lowest BCUT2D eigenvalue weighted by Crippen LogP contribution is -2.28. The highest BCUT2D eigenvalue weighted by molar-refractivity contribution is 5.93. The van der Waals surface area contributed by atoms with Crippen molar-refractivity contribution >= 4 is 17.2 Å². The van der Waals surface area contributed by atoms with Gasteiger partial charge in [0.05, 0.1) is 11.3 Å². The molecule has 0 unspecified atom stereocenters. The van der Waals surface area contributed by atoms with Crippen molar-refractivity contribution in [2.75, 3.05) is 5.32 Å². The molecule has 0 aliphatic heterocycles. The molecular weight excluding hydrogens is 352 g/mol. The van der Waals surface area contributed by atoms with Gasteiger partial charge >= 0.3 is 0 Å². The Hall–Kier alpha value is -3.41. The highest BCUT2D eigenvalue weighted by atomic mass is 16.5. The zero-order valence-electron chi connectivity index (χ0n) is 15.6. The first-order valence-electron chi connectivity index (χ1n) is 9.51. The van der Waals surface area contributed by atoms with Gasteiger partial charge in [-0.3, -0.25) is 4.79 Å². The lowest BCUT2D eigenvalue weighted by atomic mass is 9.85. The van der Waals surface area contributed by atoms with E-state index in [1.807, 2.05) is 66.2 Å². The molecule has 0 radical (unpaired) electrons. The van der Waals surface area contributed by atoms with Crippen LogP contribution in [0.2, 0.25) is 0 Å². The number of nitrogens with zero attached hydrogens (tertiary/aromatic N) is 3. The fraction of sp³-hybridized carbons (Fsp3) is 0.227. The van der Waals surface area contributed by atoms with Gasteiger partial charge in [-0.1, -0.05) is 41.9 Å². The molecule has 5 rings (SSSR count). The van der Waals surface area contributed by atoms with Crippen molar-refractivity contribution in [3.8, 4) is 22.5 Å². The molecule has 1 aliphatic carbocycles. The van der Waals surface area contributed by atoms with Crippen LogP contribution < -0.4 is 5.32 Å². The normalized spacial score (nSPS) is 14.2. The zero-order valence-corrected chi connectivity index (χ0v) is 15.6. The second-order valence-electron chi connectivity index (χ2n) is 7.25. The second-order valence-corrected chi connectivity index (χ2v) is 7.25. The van der Waals surface area contributed by atoms with Crippen molar-refractivity contribution < 1.29 is 9.32 Å². The molecule has 3 aromatic heterocycles. The first-order chi connectivity index (χ1) is 13.7. The first kappa shape index (κ1) is 16.7. The van der Waals surface area contributed by atoms with Crippen LogP contribution in [0.4, 0.5) is 5.69 Å². The number of benzene rings is 1. The number of amides is 1. The summed E-state index contributed by atoms with van der Waals surface area (Å²) in [5, 5.41) is 7.25. The Bertz CT molecular complexity index is 1160. The largest absolute Gasteiger partial charge is 0.360 e. The zero-order chi connectivity index (χ0) is 19.1. The number of anilines is 1. The average Bonchev–Trinajstić information content (AvgIpc) is 3.23. The maximum atomic E-state index is 12.2. The fourth-order valence-corrected chi connectivity index (χ4v) is 3.56. The molecule has 4 aromatic rings. The van der Waals surface area contributed by atoms with Crippen LogP contribution >= 0.6 is 0 Å². The third kappa shape index (κ3) is 2.87. The van der Waals surface area contributed by atoms with Crippen LogP contribution in [0.25, 0.3) is 28.2 Å². The number of carbonyl (C=O) groups is 1. The Balaban J connectivity index is 1.51. The summed E-state index contributed by atoms with van der Waals surface area (Å²) in [6.07, 6.45) is 6.97. The molecule has 1 fully saturated rings. The van der Waals surface area contributed by atoms with Gasteiger partial charge in [-0.05, 0) is 25.8 Å². The quantitative estimate of drug-likeness (QED) is 0.563. The van der Waals surface area contributed by atoms with Crippen molar-refractivity contribution in [1.29, 1.82) is 0 Å². The topological polar surface area (TPSA) is 72.4 Å². The fourth-order valence-electron chi connectivity index (χ4n) is 3.56. The molecule has 1 aromatic carbocycles. The highest BCUT2D eigenvalue weighted by Gasteiger charge is 2.25. The molecule has 1 saturated carbocycles. The van der Waals surface area contributed by atoms with Gasteiger partial charge in [0, 0.05) is 35.6 Å². The van der Waals surface area contributed by atoms with E-state index in [9.17, 15) is 4.79 Å². The van der Waals surface area contributed by atoms with E-state index < -0.39 is 0 Å². The van der Waals surface area contributed by atoms with Crippen LogP contribution in [0.3, 0.4) is 0 Å². The molecule has 1 aliphatic rings. The number of hydrogen-bond acceptors (Lipinski definition) is 4. The Kier molecular flexibility index (Phi) is 3.97. The number of fused-ring (bicyclic) bond motifs is 1. The van der Waals surface area contributed by atoms with E-state index in [4.69, 9.17) is 9.51 Å². The van der Waals surface area contributed by atoms with Crippen LogP contribution in [0.1, 0.15) is 25.0 Å². The van der Waals surface area contributed by atoms with Crippen LogP contribution in [-0.4, -0.2) is 20.4 Å². The van der Waals surface area contributed by atoms with E-state index in [2.05, 4.69) is 10.5 Å². The number of hydrogen-bond donors (Lipinski definition) is 1. The van der Waals surface area contributed by atoms with Crippen molar-refractivity contribution in [3.63, 3.8) is 0 Å². The minimum absolute atomic E-state index is 0.101. The summed E-state index contributed by atoms with van der Waals surface area (Å²) in [6, 6.07) is 13.7. The van der Waals surface area contributed by atoms with E-state index >= 15 is 0 Å². The summed E-state index contributed by atoms with van der Waals surface area (Å²) < 4.78 is 7.41. The highest BCUT2D eigenvalue weighted by Crippen LogP contribution is 2.34. The predicted octanol–water partition coefficient (Wildman–Crippen LogP) is 4.70. The average molecular weight is 372 g/mol. The Morgan fingerprint density at radius 3 is 2.79 bits per heavy atom. The Labute approximate surface area is 162 Å². The molecule has 0 atom stereocenters. The molecule has 0 saturated heterocycles. The second kappa shape index (κ2) is 6.64.